The Balaban J connectivity index is 0.906. The van der Waals surface area contributed by atoms with E-state index < -0.39 is 5.41 Å². The summed E-state index contributed by atoms with van der Waals surface area (Å²) < 4.78 is 13.2. The smallest absolute Gasteiger partial charge is 0.164 e. The van der Waals surface area contributed by atoms with E-state index in [2.05, 4.69) is 164 Å². The molecule has 5 nitrogen and oxygen atoms in total. The highest BCUT2D eigenvalue weighted by molar-refractivity contribution is 6.09. The van der Waals surface area contributed by atoms with Crippen molar-refractivity contribution in [3.05, 3.63) is 235 Å². The van der Waals surface area contributed by atoms with Crippen LogP contribution in [0.4, 0.5) is 0 Å². The zero-order valence-electron chi connectivity index (χ0n) is 33.9. The molecule has 63 heavy (non-hydrogen) atoms. The van der Waals surface area contributed by atoms with Crippen LogP contribution in [0.5, 0.6) is 11.5 Å². The quantitative estimate of drug-likeness (QED) is 0.173. The molecule has 5 heteroatoms. The lowest BCUT2D eigenvalue weighted by Crippen LogP contribution is -2.32. The number of para-hydroxylation sites is 3. The van der Waals surface area contributed by atoms with Crippen molar-refractivity contribution in [2.75, 3.05) is 0 Å². The van der Waals surface area contributed by atoms with Gasteiger partial charge in [-0.15, -0.1) is 0 Å². The van der Waals surface area contributed by atoms with Gasteiger partial charge in [0.2, 0.25) is 0 Å². The first-order chi connectivity index (χ1) is 31.2. The number of rotatable bonds is 5. The third kappa shape index (κ3) is 5.40. The summed E-state index contributed by atoms with van der Waals surface area (Å²) in [5, 5.41) is 2.22. The van der Waals surface area contributed by atoms with E-state index in [1.165, 1.54) is 22.3 Å². The summed E-state index contributed by atoms with van der Waals surface area (Å²) in [5.41, 5.74) is 15.5. The molecule has 0 bridgehead atoms. The molecule has 0 saturated carbocycles. The molecule has 9 aromatic carbocycles. The Morgan fingerprint density at radius 1 is 0.317 bits per heavy atom. The predicted octanol–water partition coefficient (Wildman–Crippen LogP) is 14.6. The van der Waals surface area contributed by atoms with Crippen molar-refractivity contribution in [1.82, 2.24) is 15.0 Å². The summed E-state index contributed by atoms with van der Waals surface area (Å²) in [6.07, 6.45) is 0. The Morgan fingerprint density at radius 2 is 0.825 bits per heavy atom. The average molecular weight is 806 g/mol. The average Bonchev–Trinajstić information content (AvgIpc) is 3.88. The molecule has 1 aliphatic carbocycles. The minimum atomic E-state index is -0.508. The number of nitrogens with zero attached hydrogens (tertiary/aromatic N) is 3. The van der Waals surface area contributed by atoms with E-state index in [0.29, 0.717) is 17.5 Å². The largest absolute Gasteiger partial charge is 0.457 e. The summed E-state index contributed by atoms with van der Waals surface area (Å²) in [5.74, 6) is 3.52. The number of fused-ring (bicyclic) bond motifs is 12. The van der Waals surface area contributed by atoms with Crippen molar-refractivity contribution >= 4 is 21.9 Å². The second kappa shape index (κ2) is 13.8. The number of hydrogen-bond acceptors (Lipinski definition) is 5. The van der Waals surface area contributed by atoms with Gasteiger partial charge in [0.05, 0.1) is 5.41 Å². The van der Waals surface area contributed by atoms with Gasteiger partial charge < -0.3 is 9.15 Å². The monoisotopic (exact) mass is 805 g/mol. The van der Waals surface area contributed by atoms with Crippen molar-refractivity contribution < 1.29 is 9.15 Å². The number of ether oxygens (including phenoxy) is 1. The molecule has 0 unspecified atom stereocenters. The molecule has 2 aromatic heterocycles. The highest BCUT2D eigenvalue weighted by Gasteiger charge is 2.50. The van der Waals surface area contributed by atoms with Crippen LogP contribution >= 0.6 is 0 Å². The molecule has 0 radical (unpaired) electrons. The second-order valence-corrected chi connectivity index (χ2v) is 16.3. The normalized spacial score (nSPS) is 13.0. The Bertz CT molecular complexity index is 3560. The fourth-order valence-corrected chi connectivity index (χ4v) is 10.0. The lowest BCUT2D eigenvalue weighted by Gasteiger charge is -2.39. The lowest BCUT2D eigenvalue weighted by atomic mass is 9.66. The SMILES string of the molecule is c1ccc(-c2nc(-c3ccc(-c4cccc5c4oc4ccccc45)cc3)nc(-c3cccc(-c4ccc5c(c4)Oc4ccccc4C54c5ccccc5-c5ccccc54)c3)n2)cc1. The Kier molecular flexibility index (Phi) is 7.75. The maximum absolute atomic E-state index is 6.83. The molecular formula is C58H35N3O2. The Morgan fingerprint density at radius 3 is 1.60 bits per heavy atom. The van der Waals surface area contributed by atoms with Crippen molar-refractivity contribution in [3.8, 4) is 79.0 Å². The van der Waals surface area contributed by atoms with Crippen LogP contribution in [-0.2, 0) is 5.41 Å². The van der Waals surface area contributed by atoms with Crippen molar-refractivity contribution in [1.29, 1.82) is 0 Å². The highest BCUT2D eigenvalue weighted by Crippen LogP contribution is 2.62. The molecule has 0 atom stereocenters. The molecule has 3 heterocycles. The van der Waals surface area contributed by atoms with Gasteiger partial charge in [0, 0.05) is 44.2 Å². The summed E-state index contributed by atoms with van der Waals surface area (Å²) in [7, 11) is 0. The molecule has 1 spiro atoms. The lowest BCUT2D eigenvalue weighted by molar-refractivity contribution is 0.436. The Labute approximate surface area is 363 Å². The van der Waals surface area contributed by atoms with Gasteiger partial charge in [0.1, 0.15) is 22.7 Å². The van der Waals surface area contributed by atoms with Crippen LogP contribution in [0.25, 0.3) is 89.5 Å². The molecule has 11 aromatic rings. The molecule has 0 amide bonds. The minimum Gasteiger partial charge on any atom is -0.457 e. The van der Waals surface area contributed by atoms with Crippen molar-refractivity contribution in [2.24, 2.45) is 0 Å². The van der Waals surface area contributed by atoms with Crippen LogP contribution in [0.15, 0.2) is 217 Å². The van der Waals surface area contributed by atoms with Crippen molar-refractivity contribution in [3.63, 3.8) is 0 Å². The van der Waals surface area contributed by atoms with E-state index in [9.17, 15) is 0 Å². The van der Waals surface area contributed by atoms with Crippen LogP contribution in [0.2, 0.25) is 0 Å². The number of aromatic nitrogens is 3. The molecule has 0 N–H and O–H groups in total. The fourth-order valence-electron chi connectivity index (χ4n) is 10.0. The van der Waals surface area contributed by atoms with Gasteiger partial charge in [-0.3, -0.25) is 0 Å². The van der Waals surface area contributed by atoms with Gasteiger partial charge in [0.15, 0.2) is 17.5 Å². The molecule has 0 fully saturated rings. The van der Waals surface area contributed by atoms with Crippen LogP contribution in [0.3, 0.4) is 0 Å². The first-order valence-electron chi connectivity index (χ1n) is 21.3. The standard InChI is InChI=1S/C58H35N3O2/c1-2-14-37(15-3-1)55-59-56(38-30-28-36(29-31-38)42-21-13-22-46-45-20-6-10-26-51(45)63-54(42)46)61-57(60-55)41-17-12-16-39(34-41)40-32-33-50-53(35-40)62-52-27-11-9-25-49(52)58(50)47-23-7-4-18-43(47)44-19-5-8-24-48(44)58/h1-35H. The van der Waals surface area contributed by atoms with E-state index in [1.807, 2.05) is 48.5 Å². The third-order valence-corrected chi connectivity index (χ3v) is 12.8. The van der Waals surface area contributed by atoms with Gasteiger partial charge in [-0.1, -0.05) is 188 Å². The van der Waals surface area contributed by atoms with E-state index >= 15 is 0 Å². The highest BCUT2D eigenvalue weighted by atomic mass is 16.5. The number of benzene rings is 9. The van der Waals surface area contributed by atoms with Crippen molar-refractivity contribution in [2.45, 2.75) is 5.41 Å². The summed E-state index contributed by atoms with van der Waals surface area (Å²) in [6.45, 7) is 0. The Hall–Kier alpha value is -8.41. The maximum atomic E-state index is 6.83. The van der Waals surface area contributed by atoms with Crippen LogP contribution in [-0.4, -0.2) is 15.0 Å². The molecule has 0 saturated heterocycles. The first-order valence-corrected chi connectivity index (χ1v) is 21.3. The van der Waals surface area contributed by atoms with Crippen LogP contribution < -0.4 is 4.74 Å². The van der Waals surface area contributed by atoms with Crippen LogP contribution in [0.1, 0.15) is 22.3 Å². The zero-order valence-corrected chi connectivity index (χ0v) is 33.9. The molecule has 294 valence electrons. The molecule has 1 aliphatic heterocycles. The van der Waals surface area contributed by atoms with E-state index in [0.717, 1.165) is 83.5 Å². The summed E-state index contributed by atoms with van der Waals surface area (Å²) in [6, 6.07) is 74.2. The summed E-state index contributed by atoms with van der Waals surface area (Å²) >= 11 is 0. The number of furan rings is 1. The van der Waals surface area contributed by atoms with Gasteiger partial charge in [-0.2, -0.15) is 0 Å². The van der Waals surface area contributed by atoms with E-state index in [1.54, 1.807) is 0 Å². The van der Waals surface area contributed by atoms with Gasteiger partial charge >= 0.3 is 0 Å². The predicted molar refractivity (Wildman–Crippen MR) is 252 cm³/mol. The fraction of sp³-hybridized carbons (Fsp3) is 0.0172. The molecule has 13 rings (SSSR count). The first kappa shape index (κ1) is 35.4. The molecular weight excluding hydrogens is 771 g/mol. The minimum absolute atomic E-state index is 0.508. The maximum Gasteiger partial charge on any atom is 0.164 e. The van der Waals surface area contributed by atoms with Gasteiger partial charge in [-0.25, -0.2) is 15.0 Å². The second-order valence-electron chi connectivity index (χ2n) is 16.3. The van der Waals surface area contributed by atoms with E-state index in [-0.39, 0.29) is 0 Å². The van der Waals surface area contributed by atoms with Crippen LogP contribution in [0, 0.1) is 0 Å². The third-order valence-electron chi connectivity index (χ3n) is 12.8. The number of hydrogen-bond donors (Lipinski definition) is 0. The van der Waals surface area contributed by atoms with Gasteiger partial charge in [-0.05, 0) is 63.2 Å². The topological polar surface area (TPSA) is 61.0 Å². The summed E-state index contributed by atoms with van der Waals surface area (Å²) in [4.78, 5) is 15.3. The molecule has 2 aliphatic rings. The zero-order chi connectivity index (χ0) is 41.5. The van der Waals surface area contributed by atoms with Gasteiger partial charge in [0.25, 0.3) is 0 Å². The van der Waals surface area contributed by atoms with E-state index in [4.69, 9.17) is 24.1 Å².